The molecule has 6 nitrogen and oxygen atoms in total. The Labute approximate surface area is 367 Å². The molecule has 0 bridgehead atoms. The molecule has 59 heavy (non-hydrogen) atoms. The topological polar surface area (TPSA) is 95.9 Å². The van der Waals surface area contributed by atoms with Crippen molar-refractivity contribution in [1.82, 2.24) is 5.32 Å². The van der Waals surface area contributed by atoms with Crippen LogP contribution < -0.4 is 5.32 Å². The maximum absolute atomic E-state index is 12.4. The van der Waals surface area contributed by atoms with Crippen molar-refractivity contribution in [3.63, 3.8) is 0 Å². The lowest BCUT2D eigenvalue weighted by molar-refractivity contribution is -0.143. The van der Waals surface area contributed by atoms with Gasteiger partial charge >= 0.3 is 5.97 Å². The molecule has 0 heterocycles. The van der Waals surface area contributed by atoms with Crippen LogP contribution in [0, 0.1) is 0 Å². The Kier molecular flexibility index (Phi) is 47.6. The minimum Gasteiger partial charge on any atom is -0.466 e. The van der Waals surface area contributed by atoms with E-state index >= 15 is 0 Å². The molecule has 6 heteroatoms. The van der Waals surface area contributed by atoms with Gasteiger partial charge in [0.25, 0.3) is 0 Å². The average Bonchev–Trinajstić information content (AvgIpc) is 3.24. The fourth-order valence-electron chi connectivity index (χ4n) is 7.92. The molecule has 0 radical (unpaired) electrons. The number of carbonyl (C=O) groups is 2. The Morgan fingerprint density at radius 2 is 0.797 bits per heavy atom. The van der Waals surface area contributed by atoms with Gasteiger partial charge in [-0.1, -0.05) is 231 Å². The van der Waals surface area contributed by atoms with E-state index < -0.39 is 12.1 Å². The highest BCUT2D eigenvalue weighted by Crippen LogP contribution is 2.15. The average molecular weight is 832 g/mol. The Balaban J connectivity index is 3.42. The number of ether oxygens (including phenoxy) is 1. The summed E-state index contributed by atoms with van der Waals surface area (Å²) in [6, 6.07) is -0.630. The summed E-state index contributed by atoms with van der Waals surface area (Å²) in [5.74, 6) is -0.0710. The molecular formula is C53H101NO5. The first kappa shape index (κ1) is 57.3. The second-order valence-electron chi connectivity index (χ2n) is 17.9. The summed E-state index contributed by atoms with van der Waals surface area (Å²) in [6.07, 6.45) is 57.6. The quantitative estimate of drug-likeness (QED) is 0.0322. The van der Waals surface area contributed by atoms with Gasteiger partial charge in [-0.15, -0.1) is 0 Å². The van der Waals surface area contributed by atoms with E-state index in [1.165, 1.54) is 205 Å². The molecule has 0 spiro atoms. The second kappa shape index (κ2) is 49.0. The van der Waals surface area contributed by atoms with Crippen molar-refractivity contribution in [3.8, 4) is 0 Å². The molecule has 0 saturated carbocycles. The number of hydrogen-bond donors (Lipinski definition) is 3. The van der Waals surface area contributed by atoms with Gasteiger partial charge in [-0.3, -0.25) is 9.59 Å². The zero-order valence-corrected chi connectivity index (χ0v) is 39.5. The van der Waals surface area contributed by atoms with E-state index in [1.54, 1.807) is 6.08 Å². The first-order valence-corrected chi connectivity index (χ1v) is 26.1. The van der Waals surface area contributed by atoms with Crippen LogP contribution in [0.2, 0.25) is 0 Å². The first-order chi connectivity index (χ1) is 29.0. The van der Waals surface area contributed by atoms with Crippen molar-refractivity contribution in [2.75, 3.05) is 13.2 Å². The molecule has 348 valence electrons. The van der Waals surface area contributed by atoms with Crippen LogP contribution >= 0.6 is 0 Å². The third kappa shape index (κ3) is 45.7. The van der Waals surface area contributed by atoms with Crippen LogP contribution in [0.25, 0.3) is 0 Å². The van der Waals surface area contributed by atoms with Crippen molar-refractivity contribution in [2.24, 2.45) is 0 Å². The standard InChI is InChI=1S/C53H101NO5/c1-3-5-7-9-11-13-14-27-31-35-39-43-47-53(58)59-48-44-40-36-32-28-25-23-21-19-17-15-16-18-20-22-24-26-30-34-38-42-46-52(57)54-50(49-55)51(56)45-41-37-33-29-12-10-8-6-4-2/h16,18,41,45,50-51,55-56H,3-15,17,19-40,42-44,46-49H2,1-2H3,(H,54,57)/b18-16-,45-41+. The van der Waals surface area contributed by atoms with Crippen LogP contribution in [0.1, 0.15) is 277 Å². The van der Waals surface area contributed by atoms with Gasteiger partial charge in [0.1, 0.15) is 0 Å². The zero-order chi connectivity index (χ0) is 43.0. The van der Waals surface area contributed by atoms with Crippen molar-refractivity contribution < 1.29 is 24.5 Å². The molecule has 3 N–H and O–H groups in total. The first-order valence-electron chi connectivity index (χ1n) is 26.1. The number of hydrogen-bond acceptors (Lipinski definition) is 5. The highest BCUT2D eigenvalue weighted by Gasteiger charge is 2.18. The number of carbonyl (C=O) groups excluding carboxylic acids is 2. The third-order valence-corrected chi connectivity index (χ3v) is 12.0. The zero-order valence-electron chi connectivity index (χ0n) is 39.5. The van der Waals surface area contributed by atoms with E-state index in [1.807, 2.05) is 6.08 Å². The molecule has 0 aliphatic heterocycles. The predicted octanol–water partition coefficient (Wildman–Crippen LogP) is 15.5. The molecule has 0 fully saturated rings. The number of allylic oxidation sites excluding steroid dienone is 3. The monoisotopic (exact) mass is 832 g/mol. The molecule has 0 saturated heterocycles. The molecule has 2 atom stereocenters. The van der Waals surface area contributed by atoms with E-state index in [0.717, 1.165) is 44.9 Å². The normalized spacial score (nSPS) is 12.8. The van der Waals surface area contributed by atoms with Crippen LogP contribution in [0.15, 0.2) is 24.3 Å². The van der Waals surface area contributed by atoms with Crippen LogP contribution in [0.4, 0.5) is 0 Å². The molecule has 0 rings (SSSR count). The van der Waals surface area contributed by atoms with Gasteiger partial charge in [-0.2, -0.15) is 0 Å². The number of amides is 1. The summed E-state index contributed by atoms with van der Waals surface area (Å²) in [5.41, 5.74) is 0. The Hall–Kier alpha value is -1.66. The predicted molar refractivity (Wildman–Crippen MR) is 255 cm³/mol. The fourth-order valence-corrected chi connectivity index (χ4v) is 7.92. The summed E-state index contributed by atoms with van der Waals surface area (Å²) >= 11 is 0. The van der Waals surface area contributed by atoms with E-state index in [9.17, 15) is 19.8 Å². The Morgan fingerprint density at radius 3 is 1.20 bits per heavy atom. The third-order valence-electron chi connectivity index (χ3n) is 12.0. The molecule has 0 aromatic rings. The Morgan fingerprint density at radius 1 is 0.458 bits per heavy atom. The number of aliphatic hydroxyl groups is 2. The maximum atomic E-state index is 12.4. The summed E-state index contributed by atoms with van der Waals surface area (Å²) in [5, 5.41) is 22.9. The van der Waals surface area contributed by atoms with Gasteiger partial charge in [-0.25, -0.2) is 0 Å². The molecule has 1 amide bonds. The van der Waals surface area contributed by atoms with Crippen molar-refractivity contribution >= 4 is 11.9 Å². The van der Waals surface area contributed by atoms with Gasteiger partial charge < -0.3 is 20.3 Å². The van der Waals surface area contributed by atoms with Gasteiger partial charge in [0.15, 0.2) is 0 Å². The van der Waals surface area contributed by atoms with Crippen LogP contribution in [0.5, 0.6) is 0 Å². The number of rotatable bonds is 48. The van der Waals surface area contributed by atoms with Crippen LogP contribution in [-0.4, -0.2) is 47.4 Å². The molecule has 0 aromatic heterocycles. The molecule has 2 unspecified atom stereocenters. The maximum Gasteiger partial charge on any atom is 0.305 e. The number of aliphatic hydroxyl groups excluding tert-OH is 2. The Bertz CT molecular complexity index is 920. The fraction of sp³-hybridized carbons (Fsp3) is 0.887. The second-order valence-corrected chi connectivity index (χ2v) is 17.9. The molecule has 0 aliphatic carbocycles. The smallest absolute Gasteiger partial charge is 0.305 e. The molecule has 0 aliphatic rings. The van der Waals surface area contributed by atoms with Crippen molar-refractivity contribution in [2.45, 2.75) is 289 Å². The van der Waals surface area contributed by atoms with Crippen molar-refractivity contribution in [1.29, 1.82) is 0 Å². The van der Waals surface area contributed by atoms with Gasteiger partial charge in [0.2, 0.25) is 5.91 Å². The van der Waals surface area contributed by atoms with Gasteiger partial charge in [0, 0.05) is 12.8 Å². The van der Waals surface area contributed by atoms with E-state index in [0.29, 0.717) is 19.4 Å². The minimum atomic E-state index is -0.846. The van der Waals surface area contributed by atoms with Crippen LogP contribution in [-0.2, 0) is 14.3 Å². The van der Waals surface area contributed by atoms with E-state index in [4.69, 9.17) is 4.74 Å². The lowest BCUT2D eigenvalue weighted by Gasteiger charge is -2.20. The summed E-state index contributed by atoms with van der Waals surface area (Å²) in [7, 11) is 0. The van der Waals surface area contributed by atoms with Gasteiger partial charge in [-0.05, 0) is 57.8 Å². The molecule has 0 aromatic carbocycles. The van der Waals surface area contributed by atoms with Gasteiger partial charge in [0.05, 0.1) is 25.4 Å². The van der Waals surface area contributed by atoms with Crippen molar-refractivity contribution in [3.05, 3.63) is 24.3 Å². The summed E-state index contributed by atoms with van der Waals surface area (Å²) < 4.78 is 5.46. The van der Waals surface area contributed by atoms with E-state index in [2.05, 4.69) is 31.3 Å². The van der Waals surface area contributed by atoms with Crippen LogP contribution in [0.3, 0.4) is 0 Å². The minimum absolute atomic E-state index is 0.00771. The number of unbranched alkanes of at least 4 members (excludes halogenated alkanes) is 35. The number of esters is 1. The largest absolute Gasteiger partial charge is 0.466 e. The summed E-state index contributed by atoms with van der Waals surface area (Å²) in [6.45, 7) is 4.86. The highest BCUT2D eigenvalue weighted by molar-refractivity contribution is 5.76. The SMILES string of the molecule is CCCCCCCCC/C=C/C(O)C(CO)NC(=O)CCCCCCCCC/C=C\CCCCCCCCCCCCOC(=O)CCCCCCCCCCCCCC. The highest BCUT2D eigenvalue weighted by atomic mass is 16.5. The summed E-state index contributed by atoms with van der Waals surface area (Å²) in [4.78, 5) is 24.3. The molecular weight excluding hydrogens is 731 g/mol. The lowest BCUT2D eigenvalue weighted by Crippen LogP contribution is -2.45. The lowest BCUT2D eigenvalue weighted by atomic mass is 10.0. The number of nitrogens with one attached hydrogen (secondary N) is 1. The van der Waals surface area contributed by atoms with E-state index in [-0.39, 0.29) is 18.5 Å².